The van der Waals surface area contributed by atoms with Crippen molar-refractivity contribution in [3.63, 3.8) is 0 Å². The zero-order chi connectivity index (χ0) is 27.4. The highest BCUT2D eigenvalue weighted by Crippen LogP contribution is 2.26. The number of hydrogen-bond acceptors (Lipinski definition) is 7. The smallest absolute Gasteiger partial charge is 0.322 e. The van der Waals surface area contributed by atoms with Crippen LogP contribution in [0.5, 0.6) is 5.75 Å². The third kappa shape index (κ3) is 5.91. The topological polar surface area (TPSA) is 122 Å². The largest absolute Gasteiger partial charge is 0.497 e. The summed E-state index contributed by atoms with van der Waals surface area (Å²) >= 11 is 0. The van der Waals surface area contributed by atoms with E-state index in [-0.39, 0.29) is 5.91 Å². The molecule has 10 heteroatoms. The number of carbonyl (C=O) groups excluding carboxylic acids is 3. The second-order valence-corrected chi connectivity index (χ2v) is 9.39. The Morgan fingerprint density at radius 1 is 1.05 bits per heavy atom. The lowest BCUT2D eigenvalue weighted by atomic mass is 10.1. The molecule has 0 aliphatic carbocycles. The Balaban J connectivity index is 0.000000198. The van der Waals surface area contributed by atoms with Gasteiger partial charge in [0, 0.05) is 50.1 Å². The molecule has 1 unspecified atom stereocenters. The first kappa shape index (κ1) is 25.9. The Morgan fingerprint density at radius 3 is 2.59 bits per heavy atom. The lowest BCUT2D eigenvalue weighted by Crippen LogP contribution is -2.33. The molecule has 4 amide bonds. The molecule has 1 saturated heterocycles. The molecule has 4 heterocycles. The van der Waals surface area contributed by atoms with Crippen LogP contribution in [0.25, 0.3) is 6.08 Å². The SMILES string of the molecule is COc1ccc2c(c1)C(=O)N(C)C2.O=C1NC(=O)C(C2=Cc3ncc(CNCc4ccccc4)cc3CO2)N1. The first-order valence-electron chi connectivity index (χ1n) is 12.5. The molecule has 0 spiro atoms. The summed E-state index contributed by atoms with van der Waals surface area (Å²) in [4.78, 5) is 40.7. The van der Waals surface area contributed by atoms with E-state index in [1.54, 1.807) is 31.2 Å². The van der Waals surface area contributed by atoms with Crippen LogP contribution >= 0.6 is 0 Å². The summed E-state index contributed by atoms with van der Waals surface area (Å²) in [5.74, 6) is 0.811. The molecule has 1 fully saturated rings. The van der Waals surface area contributed by atoms with Crippen LogP contribution in [0.2, 0.25) is 0 Å². The van der Waals surface area contributed by atoms with Gasteiger partial charge in [-0.15, -0.1) is 0 Å². The van der Waals surface area contributed by atoms with Crippen molar-refractivity contribution < 1.29 is 23.9 Å². The Labute approximate surface area is 226 Å². The molecular weight excluding hydrogens is 498 g/mol. The first-order chi connectivity index (χ1) is 18.9. The number of carbonyl (C=O) groups is 3. The zero-order valence-corrected chi connectivity index (χ0v) is 21.7. The quantitative estimate of drug-likeness (QED) is 0.422. The number of nitrogens with zero attached hydrogens (tertiary/aromatic N) is 2. The minimum atomic E-state index is -0.787. The number of ether oxygens (including phenoxy) is 2. The maximum absolute atomic E-state index is 11.7. The minimum absolute atomic E-state index is 0.0777. The van der Waals surface area contributed by atoms with Crippen LogP contribution in [-0.2, 0) is 35.8 Å². The minimum Gasteiger partial charge on any atom is -0.497 e. The van der Waals surface area contributed by atoms with Crippen molar-refractivity contribution in [2.24, 2.45) is 0 Å². The van der Waals surface area contributed by atoms with Crippen molar-refractivity contribution in [2.75, 3.05) is 14.2 Å². The number of amides is 4. The second kappa shape index (κ2) is 11.4. The molecule has 1 atom stereocenters. The van der Waals surface area contributed by atoms with Crippen LogP contribution in [0, 0.1) is 0 Å². The predicted molar refractivity (Wildman–Crippen MR) is 143 cm³/mol. The van der Waals surface area contributed by atoms with E-state index in [9.17, 15) is 14.4 Å². The summed E-state index contributed by atoms with van der Waals surface area (Å²) in [6.07, 6.45) is 3.51. The van der Waals surface area contributed by atoms with Crippen LogP contribution in [0.1, 0.15) is 38.3 Å². The molecule has 3 N–H and O–H groups in total. The molecule has 10 nitrogen and oxygen atoms in total. The summed E-state index contributed by atoms with van der Waals surface area (Å²) in [6.45, 7) is 2.51. The second-order valence-electron chi connectivity index (χ2n) is 9.39. The summed E-state index contributed by atoms with van der Waals surface area (Å²) in [7, 11) is 3.40. The molecule has 200 valence electrons. The maximum Gasteiger partial charge on any atom is 0.322 e. The van der Waals surface area contributed by atoms with E-state index < -0.39 is 18.0 Å². The first-order valence-corrected chi connectivity index (χ1v) is 12.5. The Hall–Kier alpha value is -4.70. The van der Waals surface area contributed by atoms with E-state index in [1.807, 2.05) is 42.6 Å². The highest BCUT2D eigenvalue weighted by atomic mass is 16.5. The average molecular weight is 528 g/mol. The summed E-state index contributed by atoms with van der Waals surface area (Å²) in [6, 6.07) is 16.6. The van der Waals surface area contributed by atoms with Gasteiger partial charge in [-0.05, 0) is 34.9 Å². The fourth-order valence-corrected chi connectivity index (χ4v) is 4.53. The van der Waals surface area contributed by atoms with Gasteiger partial charge in [-0.25, -0.2) is 4.79 Å². The monoisotopic (exact) mass is 527 g/mol. The van der Waals surface area contributed by atoms with Crippen molar-refractivity contribution in [1.82, 2.24) is 25.8 Å². The number of pyridine rings is 1. The van der Waals surface area contributed by atoms with E-state index in [4.69, 9.17) is 9.47 Å². The molecule has 3 aliphatic rings. The molecule has 1 aromatic heterocycles. The van der Waals surface area contributed by atoms with Crippen LogP contribution < -0.4 is 20.7 Å². The number of nitrogens with one attached hydrogen (secondary N) is 3. The van der Waals surface area contributed by atoms with Crippen molar-refractivity contribution in [2.45, 2.75) is 32.3 Å². The van der Waals surface area contributed by atoms with E-state index in [0.29, 0.717) is 25.5 Å². The average Bonchev–Trinajstić information content (AvgIpc) is 3.45. The number of urea groups is 1. The van der Waals surface area contributed by atoms with Gasteiger partial charge in [0.15, 0.2) is 6.04 Å². The highest BCUT2D eigenvalue weighted by molar-refractivity contribution is 6.06. The van der Waals surface area contributed by atoms with E-state index in [0.717, 1.165) is 40.2 Å². The number of methoxy groups -OCH3 is 1. The molecule has 2 aromatic carbocycles. The number of imide groups is 1. The Bertz CT molecular complexity index is 1440. The van der Waals surface area contributed by atoms with Gasteiger partial charge in [-0.3, -0.25) is 19.9 Å². The molecule has 0 bridgehead atoms. The van der Waals surface area contributed by atoms with Gasteiger partial charge in [0.25, 0.3) is 11.8 Å². The van der Waals surface area contributed by atoms with Crippen molar-refractivity contribution in [1.29, 1.82) is 0 Å². The van der Waals surface area contributed by atoms with E-state index in [1.165, 1.54) is 5.56 Å². The molecule has 0 radical (unpaired) electrons. The Morgan fingerprint density at radius 2 is 1.85 bits per heavy atom. The summed E-state index contributed by atoms with van der Waals surface area (Å²) in [5.41, 5.74) is 5.85. The van der Waals surface area contributed by atoms with Gasteiger partial charge >= 0.3 is 6.03 Å². The van der Waals surface area contributed by atoms with Gasteiger partial charge in [-0.2, -0.15) is 0 Å². The van der Waals surface area contributed by atoms with Crippen LogP contribution in [-0.4, -0.2) is 47.9 Å². The zero-order valence-electron chi connectivity index (χ0n) is 21.7. The third-order valence-corrected chi connectivity index (χ3v) is 6.59. The Kier molecular flexibility index (Phi) is 7.55. The van der Waals surface area contributed by atoms with Gasteiger partial charge in [0.05, 0.1) is 12.8 Å². The summed E-state index contributed by atoms with van der Waals surface area (Å²) < 4.78 is 10.7. The van der Waals surface area contributed by atoms with E-state index in [2.05, 4.69) is 33.1 Å². The van der Waals surface area contributed by atoms with Crippen LogP contribution in [0.4, 0.5) is 4.79 Å². The normalized spacial score (nSPS) is 17.2. The number of hydrogen-bond donors (Lipinski definition) is 3. The number of benzene rings is 2. The van der Waals surface area contributed by atoms with Gasteiger partial charge in [0.2, 0.25) is 0 Å². The van der Waals surface area contributed by atoms with Crippen LogP contribution in [0.3, 0.4) is 0 Å². The summed E-state index contributed by atoms with van der Waals surface area (Å²) in [5, 5.41) is 8.12. The lowest BCUT2D eigenvalue weighted by Gasteiger charge is -2.20. The molecular formula is C29H29N5O5. The highest BCUT2D eigenvalue weighted by Gasteiger charge is 2.35. The van der Waals surface area contributed by atoms with Gasteiger partial charge < -0.3 is 25.0 Å². The van der Waals surface area contributed by atoms with E-state index >= 15 is 0 Å². The molecule has 6 rings (SSSR count). The number of fused-ring (bicyclic) bond motifs is 2. The van der Waals surface area contributed by atoms with Crippen molar-refractivity contribution in [3.8, 4) is 5.75 Å². The number of aromatic nitrogens is 1. The lowest BCUT2D eigenvalue weighted by molar-refractivity contribution is -0.120. The van der Waals surface area contributed by atoms with Crippen molar-refractivity contribution >= 4 is 23.9 Å². The maximum atomic E-state index is 11.7. The third-order valence-electron chi connectivity index (χ3n) is 6.59. The van der Waals surface area contributed by atoms with Gasteiger partial charge in [0.1, 0.15) is 18.1 Å². The predicted octanol–water partition coefficient (Wildman–Crippen LogP) is 2.73. The number of rotatable bonds is 6. The van der Waals surface area contributed by atoms with Gasteiger partial charge in [-0.1, -0.05) is 36.4 Å². The molecule has 0 saturated carbocycles. The fourth-order valence-electron chi connectivity index (χ4n) is 4.53. The molecule has 3 aliphatic heterocycles. The van der Waals surface area contributed by atoms with Crippen molar-refractivity contribution in [3.05, 3.63) is 100 Å². The molecule has 39 heavy (non-hydrogen) atoms. The standard InChI is InChI=1S/C19H18N4O3.C10H11NO2/c24-18-17(22-19(25)23-18)16-7-15-14(11-26-16)6-13(10-21-15)9-20-8-12-4-2-1-3-5-12;1-11-6-7-3-4-8(13-2)5-9(7)10(11)12/h1-7,10,17,20H,8-9,11H2,(H2,22,23,24,25);3-5H,6H2,1-2H3. The fraction of sp³-hybridized carbons (Fsp3) is 0.241. The van der Waals surface area contributed by atoms with Crippen LogP contribution in [0.15, 0.2) is 66.6 Å². The molecule has 3 aromatic rings.